The molecule has 16 fully saturated rings. The second-order valence-electron chi connectivity index (χ2n) is 46.7. The van der Waals surface area contributed by atoms with Crippen LogP contribution in [0.25, 0.3) is 0 Å². The molecule has 0 amide bonds. The fourth-order valence-corrected chi connectivity index (χ4v) is 32.7. The van der Waals surface area contributed by atoms with Crippen LogP contribution in [0.3, 0.4) is 0 Å². The summed E-state index contributed by atoms with van der Waals surface area (Å²) in [6.07, 6.45) is 102. The zero-order valence-corrected chi connectivity index (χ0v) is 79.1. The highest BCUT2D eigenvalue weighted by molar-refractivity contribution is 5.07. The minimum absolute atomic E-state index is 0.00209. The van der Waals surface area contributed by atoms with E-state index in [9.17, 15) is 0 Å². The van der Waals surface area contributed by atoms with Crippen LogP contribution in [0, 0.1) is 101 Å². The first-order valence-corrected chi connectivity index (χ1v) is 56.6. The van der Waals surface area contributed by atoms with E-state index >= 15 is 0 Å². The smallest absolute Gasteiger partial charge is 0.116 e. The van der Waals surface area contributed by atoms with E-state index in [4.69, 9.17) is 37.9 Å². The van der Waals surface area contributed by atoms with Crippen LogP contribution in [0.15, 0.2) is 0 Å². The van der Waals surface area contributed by atoms with Gasteiger partial charge in [-0.25, -0.2) is 0 Å². The number of rotatable bonds is 14. The Kier molecular flexibility index (Phi) is 38.1. The average molecular weight is 1670 g/mol. The van der Waals surface area contributed by atoms with Crippen molar-refractivity contribution in [1.29, 1.82) is 0 Å². The van der Waals surface area contributed by atoms with Crippen LogP contribution in [0.2, 0.25) is 0 Å². The molecule has 0 bridgehead atoms. The first-order valence-electron chi connectivity index (χ1n) is 56.6. The van der Waals surface area contributed by atoms with Crippen molar-refractivity contribution >= 4 is 0 Å². The summed E-state index contributed by atoms with van der Waals surface area (Å²) in [5, 5.41) is 0. The summed E-state index contributed by atoms with van der Waals surface area (Å²) < 4.78 is 68.0. The summed E-state index contributed by atoms with van der Waals surface area (Å²) in [4.78, 5) is 0. The second kappa shape index (κ2) is 49.2. The zero-order chi connectivity index (χ0) is 81.4. The van der Waals surface area contributed by atoms with Crippen LogP contribution < -0.4 is 0 Å². The van der Waals surface area contributed by atoms with E-state index in [0.29, 0.717) is 5.92 Å². The first kappa shape index (κ1) is 92.9. The SMILES string of the molecule is CCC1OC2C(CCCC(C)CC3OC4CCCC(C5CCCCCCC5)C(C5CCCCCCC5)CCC4OC3C3OC4CCCC(C5CCCCC5)C(C5CCCCCCC5)CCCC4OC3C3OC4CCC(C5CCCCCC5)C(C5CCCCCC5)CCCC4OC23)OC1CCCC(C1CCCCCCC1)[C@H](C)C1CCCCCCC1. The summed E-state index contributed by atoms with van der Waals surface area (Å²) in [7, 11) is 0. The predicted molar refractivity (Wildman–Crippen MR) is 497 cm³/mol. The normalized spacial score (nSPS) is 41.7. The minimum atomic E-state index is -0.390. The molecule has 12 aliphatic carbocycles. The third-order valence-electron chi connectivity index (χ3n) is 39.1. The summed E-state index contributed by atoms with van der Waals surface area (Å²) in [6, 6.07) is 0. The van der Waals surface area contributed by atoms with Crippen LogP contribution in [-0.4, -0.2) is 97.7 Å². The van der Waals surface area contributed by atoms with Crippen molar-refractivity contribution in [2.75, 3.05) is 0 Å². The Morgan fingerprint density at radius 2 is 0.492 bits per heavy atom. The van der Waals surface area contributed by atoms with Gasteiger partial charge in [-0.1, -0.05) is 400 Å². The van der Waals surface area contributed by atoms with E-state index in [-0.39, 0.29) is 97.7 Å². The molecule has 16 aliphatic rings. The first-order chi connectivity index (χ1) is 59.3. The monoisotopic (exact) mass is 1670 g/mol. The Labute approximate surface area is 740 Å². The Morgan fingerprint density at radius 1 is 0.217 bits per heavy atom. The van der Waals surface area contributed by atoms with Gasteiger partial charge >= 0.3 is 0 Å². The lowest BCUT2D eigenvalue weighted by molar-refractivity contribution is -0.354. The molecule has 8 heteroatoms. The van der Waals surface area contributed by atoms with E-state index < -0.39 is 0 Å². The molecule has 0 aromatic heterocycles. The summed E-state index contributed by atoms with van der Waals surface area (Å²) in [6.45, 7) is 7.82. The summed E-state index contributed by atoms with van der Waals surface area (Å²) >= 11 is 0. The maximum Gasteiger partial charge on any atom is 0.116 e. The maximum atomic E-state index is 8.71. The van der Waals surface area contributed by atoms with Crippen LogP contribution in [0.4, 0.5) is 0 Å². The highest BCUT2D eigenvalue weighted by Gasteiger charge is 2.60. The van der Waals surface area contributed by atoms with Crippen molar-refractivity contribution in [2.45, 2.75) is 606 Å². The molecule has 4 aliphatic heterocycles. The zero-order valence-electron chi connectivity index (χ0n) is 79.1. The van der Waals surface area contributed by atoms with Crippen molar-refractivity contribution in [3.63, 3.8) is 0 Å². The molecule has 25 atom stereocenters. The lowest BCUT2D eigenvalue weighted by Crippen LogP contribution is -2.70. The van der Waals surface area contributed by atoms with Gasteiger partial charge in [-0.15, -0.1) is 0 Å². The Morgan fingerprint density at radius 3 is 0.858 bits per heavy atom. The Balaban J connectivity index is 0.764. The highest BCUT2D eigenvalue weighted by atomic mass is 16.7. The van der Waals surface area contributed by atoms with Crippen molar-refractivity contribution in [3.8, 4) is 0 Å². The van der Waals surface area contributed by atoms with E-state index in [0.717, 1.165) is 172 Å². The van der Waals surface area contributed by atoms with E-state index in [1.54, 1.807) is 0 Å². The molecule has 0 radical (unpaired) electrons. The van der Waals surface area contributed by atoms with Crippen molar-refractivity contribution < 1.29 is 37.9 Å². The third-order valence-corrected chi connectivity index (χ3v) is 39.1. The molecule has 16 rings (SSSR count). The lowest BCUT2D eigenvalue weighted by atomic mass is 9.64. The molecule has 12 saturated carbocycles. The maximum absolute atomic E-state index is 8.71. The number of hydrogen-bond acceptors (Lipinski definition) is 8. The molecule has 8 nitrogen and oxygen atoms in total. The minimum Gasteiger partial charge on any atom is -0.369 e. The Hall–Kier alpha value is -0.320. The lowest BCUT2D eigenvalue weighted by Gasteiger charge is -2.56. The van der Waals surface area contributed by atoms with Gasteiger partial charge in [-0.05, 0) is 210 Å². The largest absolute Gasteiger partial charge is 0.369 e. The topological polar surface area (TPSA) is 73.8 Å². The van der Waals surface area contributed by atoms with Crippen LogP contribution in [0.5, 0.6) is 0 Å². The molecular weight excluding hydrogens is 1470 g/mol. The van der Waals surface area contributed by atoms with Gasteiger partial charge in [-0.3, -0.25) is 0 Å². The van der Waals surface area contributed by atoms with Crippen molar-refractivity contribution in [3.05, 3.63) is 0 Å². The van der Waals surface area contributed by atoms with Crippen LogP contribution in [0.1, 0.15) is 509 Å². The molecule has 120 heavy (non-hydrogen) atoms. The molecule has 0 aromatic rings. The van der Waals surface area contributed by atoms with Gasteiger partial charge < -0.3 is 37.9 Å². The van der Waals surface area contributed by atoms with Crippen LogP contribution >= 0.6 is 0 Å². The highest BCUT2D eigenvalue weighted by Crippen LogP contribution is 2.55. The van der Waals surface area contributed by atoms with Gasteiger partial charge in [0.2, 0.25) is 0 Å². The van der Waals surface area contributed by atoms with Gasteiger partial charge in [0, 0.05) is 0 Å². The van der Waals surface area contributed by atoms with E-state index in [1.165, 1.54) is 411 Å². The average Bonchev–Trinajstić information content (AvgIpc) is 1.54. The molecule has 0 N–H and O–H groups in total. The fraction of sp³-hybridized carbons (Fsp3) is 1.00. The van der Waals surface area contributed by atoms with Gasteiger partial charge in [0.15, 0.2) is 0 Å². The van der Waals surface area contributed by atoms with Gasteiger partial charge in [-0.2, -0.15) is 0 Å². The molecule has 4 heterocycles. The number of ether oxygens (including phenoxy) is 8. The number of fused-ring (bicyclic) bond motifs is 10. The quantitative estimate of drug-likeness (QED) is 0.159. The van der Waals surface area contributed by atoms with Crippen molar-refractivity contribution in [1.82, 2.24) is 0 Å². The fourth-order valence-electron chi connectivity index (χ4n) is 32.7. The molecule has 24 unspecified atom stereocenters. The standard InChI is InChI=1S/C112H194O8/c1-4-97-98(69-42-64-90(83-50-27-12-6-13-28-51-83)81(3)82-48-25-10-5-11-26-49-82)113-105-74-41-47-80(2)79-106-108(116-103-77-75-95(88-58-33-18-9-19-34-59-88)93(67-43-70-99(103)114-106)86-54-31-16-8-17-32-55-86)110-112(119-101-72-45-66-91(84-52-29-14-7-15-30-53-84)92(65-44-71-100(101)117-110)85-62-39-24-40-63-85)111-109(107(105)115-97)118-102-73-46-68-94(87-56-35-20-21-36-57-87)96(76-78-104(102)120-111)89-60-37-22-23-38-61-89/h80-112H,4-79H2,1-3H3/t80?,81-,90?,91?,92?,93?,94?,95?,96?,97?,98?,99?,100?,101?,102?,103?,104?,105?,106?,107?,108?,109?,110?,111?,112?/m1/s1. The number of hydrogen-bond donors (Lipinski definition) is 0. The van der Waals surface area contributed by atoms with E-state index in [1.807, 2.05) is 0 Å². The second-order valence-corrected chi connectivity index (χ2v) is 46.7. The summed E-state index contributed by atoms with van der Waals surface area (Å²) in [5.74, 6) is 14.0. The van der Waals surface area contributed by atoms with E-state index in [2.05, 4.69) is 20.8 Å². The van der Waals surface area contributed by atoms with Crippen molar-refractivity contribution in [2.24, 2.45) is 101 Å². The molecular formula is C112H194O8. The summed E-state index contributed by atoms with van der Waals surface area (Å²) in [5.41, 5.74) is 0. The molecule has 0 spiro atoms. The van der Waals surface area contributed by atoms with Gasteiger partial charge in [0.05, 0.1) is 61.0 Å². The molecule has 4 saturated heterocycles. The van der Waals surface area contributed by atoms with Gasteiger partial charge in [0.1, 0.15) is 36.6 Å². The molecule has 690 valence electrons. The predicted octanol–water partition coefficient (Wildman–Crippen LogP) is 31.4. The van der Waals surface area contributed by atoms with Crippen LogP contribution in [-0.2, 0) is 37.9 Å². The Bertz CT molecular complexity index is 2730. The third kappa shape index (κ3) is 25.3. The van der Waals surface area contributed by atoms with Gasteiger partial charge in [0.25, 0.3) is 0 Å². The molecule has 0 aromatic carbocycles.